The van der Waals surface area contributed by atoms with Crippen molar-refractivity contribution in [2.75, 3.05) is 13.2 Å². The summed E-state index contributed by atoms with van der Waals surface area (Å²) in [6.07, 6.45) is 5.71. The lowest BCUT2D eigenvalue weighted by atomic mass is 9.89. The normalized spacial score (nSPS) is 20.4. The molecular weight excluding hydrogens is 384 g/mol. The molecule has 0 bridgehead atoms. The van der Waals surface area contributed by atoms with Crippen molar-refractivity contribution in [2.45, 2.75) is 45.1 Å². The first kappa shape index (κ1) is 20.1. The molecular formula is C27H30N2O2. The molecule has 2 aliphatic rings. The minimum Gasteiger partial charge on any atom is -0.376 e. The number of nitrogens with zero attached hydrogens (tertiary/aromatic N) is 1. The molecule has 1 aliphatic heterocycles. The number of benzene rings is 2. The molecule has 2 atom stereocenters. The maximum atomic E-state index is 12.6. The Labute approximate surface area is 184 Å². The molecule has 4 nitrogen and oxygen atoms in total. The molecule has 4 heteroatoms. The minimum absolute atomic E-state index is 0.0336. The largest absolute Gasteiger partial charge is 0.376 e. The third-order valence-corrected chi connectivity index (χ3v) is 6.61. The van der Waals surface area contributed by atoms with E-state index in [-0.39, 0.29) is 12.0 Å². The van der Waals surface area contributed by atoms with Crippen molar-refractivity contribution < 1.29 is 9.53 Å². The summed E-state index contributed by atoms with van der Waals surface area (Å²) in [5, 5.41) is 3.02. The Hall–Kier alpha value is -2.85. The molecule has 0 radical (unpaired) electrons. The topological polar surface area (TPSA) is 43.3 Å². The van der Waals surface area contributed by atoms with Gasteiger partial charge in [0.15, 0.2) is 0 Å². The van der Waals surface area contributed by atoms with Gasteiger partial charge in [-0.3, -0.25) is 4.79 Å². The van der Waals surface area contributed by atoms with Crippen LogP contribution in [0.2, 0.25) is 0 Å². The Kier molecular flexibility index (Phi) is 5.65. The summed E-state index contributed by atoms with van der Waals surface area (Å²) >= 11 is 0. The Morgan fingerprint density at radius 3 is 2.65 bits per heavy atom. The Bertz CT molecular complexity index is 1050. The fourth-order valence-corrected chi connectivity index (χ4v) is 4.90. The first-order valence-corrected chi connectivity index (χ1v) is 11.5. The smallest absolute Gasteiger partial charge is 0.251 e. The number of ether oxygens (including phenoxy) is 1. The monoisotopic (exact) mass is 414 g/mol. The number of aromatic nitrogens is 1. The minimum atomic E-state index is -0.0336. The molecule has 1 fully saturated rings. The van der Waals surface area contributed by atoms with Crippen LogP contribution in [0, 0.1) is 5.92 Å². The van der Waals surface area contributed by atoms with Crippen LogP contribution in [0.15, 0.2) is 60.7 Å². The van der Waals surface area contributed by atoms with E-state index < -0.39 is 0 Å². The molecule has 2 aromatic carbocycles. The first-order chi connectivity index (χ1) is 15.2. The van der Waals surface area contributed by atoms with Crippen molar-refractivity contribution in [1.82, 2.24) is 9.88 Å². The Morgan fingerprint density at radius 1 is 1.10 bits per heavy atom. The van der Waals surface area contributed by atoms with E-state index in [0.717, 1.165) is 43.9 Å². The summed E-state index contributed by atoms with van der Waals surface area (Å²) in [4.78, 5) is 12.6. The van der Waals surface area contributed by atoms with Crippen LogP contribution in [0.5, 0.6) is 0 Å². The van der Waals surface area contributed by atoms with Crippen LogP contribution in [0.4, 0.5) is 0 Å². The van der Waals surface area contributed by atoms with Crippen molar-refractivity contribution in [3.63, 3.8) is 0 Å². The van der Waals surface area contributed by atoms with Crippen LogP contribution in [0.1, 0.15) is 47.8 Å². The molecule has 1 amide bonds. The maximum absolute atomic E-state index is 12.6. The molecule has 1 saturated heterocycles. The zero-order chi connectivity index (χ0) is 21.2. The lowest BCUT2D eigenvalue weighted by molar-refractivity contribution is 0.0858. The van der Waals surface area contributed by atoms with Gasteiger partial charge >= 0.3 is 0 Å². The molecule has 0 spiro atoms. The maximum Gasteiger partial charge on any atom is 0.251 e. The summed E-state index contributed by atoms with van der Waals surface area (Å²) in [6, 6.07) is 21.0. The van der Waals surface area contributed by atoms with Gasteiger partial charge in [-0.25, -0.2) is 0 Å². The summed E-state index contributed by atoms with van der Waals surface area (Å²) in [6.45, 7) is 3.73. The number of hydrogen-bond acceptors (Lipinski definition) is 2. The van der Waals surface area contributed by atoms with E-state index in [1.54, 1.807) is 0 Å². The first-order valence-electron chi connectivity index (χ1n) is 11.5. The highest BCUT2D eigenvalue weighted by Crippen LogP contribution is 2.35. The molecule has 2 unspecified atom stereocenters. The van der Waals surface area contributed by atoms with Crippen LogP contribution in [0.25, 0.3) is 16.9 Å². The van der Waals surface area contributed by atoms with E-state index in [1.807, 2.05) is 12.1 Å². The van der Waals surface area contributed by atoms with Gasteiger partial charge in [-0.2, -0.15) is 0 Å². The predicted octanol–water partition coefficient (Wildman–Crippen LogP) is 5.18. The number of carbonyl (C=O) groups excluding carboxylic acids is 1. The molecule has 1 N–H and O–H groups in total. The summed E-state index contributed by atoms with van der Waals surface area (Å²) < 4.78 is 8.00. The lowest BCUT2D eigenvalue weighted by Crippen LogP contribution is -2.31. The predicted molar refractivity (Wildman–Crippen MR) is 124 cm³/mol. The fraction of sp³-hybridized carbons (Fsp3) is 0.370. The molecule has 0 saturated carbocycles. The highest BCUT2D eigenvalue weighted by Gasteiger charge is 2.23. The van der Waals surface area contributed by atoms with E-state index in [2.05, 4.69) is 65.3 Å². The van der Waals surface area contributed by atoms with Crippen molar-refractivity contribution in [3.05, 3.63) is 77.5 Å². The fourth-order valence-electron chi connectivity index (χ4n) is 4.90. The molecule has 1 aromatic heterocycles. The SMILES string of the molecule is CC1CCc2c(cc(-c3ccccc3)n2-c2ccc(C(=O)NCC3CCCO3)cc2)C1. The van der Waals surface area contributed by atoms with Gasteiger partial charge in [-0.15, -0.1) is 0 Å². The van der Waals surface area contributed by atoms with Crippen LogP contribution in [0.3, 0.4) is 0 Å². The number of nitrogens with one attached hydrogen (secondary N) is 1. The van der Waals surface area contributed by atoms with Crippen molar-refractivity contribution in [1.29, 1.82) is 0 Å². The highest BCUT2D eigenvalue weighted by molar-refractivity contribution is 5.94. The number of fused-ring (bicyclic) bond motifs is 1. The molecule has 5 rings (SSSR count). The molecule has 2 heterocycles. The third kappa shape index (κ3) is 4.17. The summed E-state index contributed by atoms with van der Waals surface area (Å²) in [7, 11) is 0. The van der Waals surface area contributed by atoms with Crippen molar-refractivity contribution >= 4 is 5.91 Å². The zero-order valence-corrected chi connectivity index (χ0v) is 18.1. The molecule has 160 valence electrons. The van der Waals surface area contributed by atoms with E-state index >= 15 is 0 Å². The van der Waals surface area contributed by atoms with Crippen molar-refractivity contribution in [3.8, 4) is 16.9 Å². The van der Waals surface area contributed by atoms with Crippen LogP contribution < -0.4 is 5.32 Å². The zero-order valence-electron chi connectivity index (χ0n) is 18.1. The molecule has 3 aromatic rings. The van der Waals surface area contributed by atoms with E-state index in [4.69, 9.17) is 4.74 Å². The van der Waals surface area contributed by atoms with Gasteiger partial charge in [-0.1, -0.05) is 37.3 Å². The number of amides is 1. The second-order valence-electron chi connectivity index (χ2n) is 8.94. The van der Waals surface area contributed by atoms with Gasteiger partial charge < -0.3 is 14.6 Å². The lowest BCUT2D eigenvalue weighted by Gasteiger charge is -2.21. The number of hydrogen-bond donors (Lipinski definition) is 1. The van der Waals surface area contributed by atoms with E-state index in [9.17, 15) is 4.79 Å². The van der Waals surface area contributed by atoms with Gasteiger partial charge in [0.1, 0.15) is 0 Å². The van der Waals surface area contributed by atoms with Crippen LogP contribution in [-0.4, -0.2) is 29.7 Å². The molecule has 31 heavy (non-hydrogen) atoms. The van der Waals surface area contributed by atoms with E-state index in [0.29, 0.717) is 12.1 Å². The number of rotatable bonds is 5. The highest BCUT2D eigenvalue weighted by atomic mass is 16.5. The van der Waals surface area contributed by atoms with Gasteiger partial charge in [-0.05, 0) is 79.5 Å². The standard InChI is InChI=1S/C27H30N2O2/c1-19-9-14-25-22(16-19)17-26(20-6-3-2-4-7-20)29(25)23-12-10-21(11-13-23)27(30)28-18-24-8-5-15-31-24/h2-4,6-7,10-13,17,19,24H,5,8-9,14-16,18H2,1H3,(H,28,30). The average molecular weight is 415 g/mol. The third-order valence-electron chi connectivity index (χ3n) is 6.61. The van der Waals surface area contributed by atoms with E-state index in [1.165, 1.54) is 28.9 Å². The second kappa shape index (κ2) is 8.72. The van der Waals surface area contributed by atoms with Crippen LogP contribution >= 0.6 is 0 Å². The van der Waals surface area contributed by atoms with Crippen LogP contribution in [-0.2, 0) is 17.6 Å². The van der Waals surface area contributed by atoms with Gasteiger partial charge in [0.25, 0.3) is 5.91 Å². The van der Waals surface area contributed by atoms with Gasteiger partial charge in [0.05, 0.1) is 11.8 Å². The van der Waals surface area contributed by atoms with Gasteiger partial charge in [0, 0.05) is 30.1 Å². The molecule has 1 aliphatic carbocycles. The Balaban J connectivity index is 1.43. The Morgan fingerprint density at radius 2 is 1.90 bits per heavy atom. The number of carbonyl (C=O) groups is 1. The summed E-state index contributed by atoms with van der Waals surface area (Å²) in [5.74, 6) is 0.690. The van der Waals surface area contributed by atoms with Gasteiger partial charge in [0.2, 0.25) is 0 Å². The van der Waals surface area contributed by atoms with Crippen molar-refractivity contribution in [2.24, 2.45) is 5.92 Å². The second-order valence-corrected chi connectivity index (χ2v) is 8.94. The average Bonchev–Trinajstić information content (AvgIpc) is 3.46. The quantitative estimate of drug-likeness (QED) is 0.625. The summed E-state index contributed by atoms with van der Waals surface area (Å²) in [5.41, 5.74) is 7.13.